The molecule has 3 rings (SSSR count). The molecule has 2 aromatic heterocycles. The van der Waals surface area contributed by atoms with E-state index in [4.69, 9.17) is 0 Å². The van der Waals surface area contributed by atoms with Crippen LogP contribution in [-0.2, 0) is 20.0 Å². The zero-order chi connectivity index (χ0) is 18.7. The van der Waals surface area contributed by atoms with E-state index in [0.29, 0.717) is 18.2 Å². The number of carbonyl (C=O) groups excluding carboxylic acids is 1. The van der Waals surface area contributed by atoms with Crippen LogP contribution in [0, 0.1) is 11.7 Å². The van der Waals surface area contributed by atoms with Crippen molar-refractivity contribution in [2.75, 3.05) is 0 Å². The van der Waals surface area contributed by atoms with Crippen LogP contribution >= 0.6 is 11.3 Å². The van der Waals surface area contributed by atoms with Crippen molar-refractivity contribution in [3.8, 4) is 11.3 Å². The Morgan fingerprint density at radius 2 is 2.04 bits per heavy atom. The Hall–Kier alpha value is -2.54. The fourth-order valence-corrected chi connectivity index (χ4v) is 3.39. The predicted octanol–water partition coefficient (Wildman–Crippen LogP) is 3.81. The summed E-state index contributed by atoms with van der Waals surface area (Å²) >= 11 is 1.46. The molecule has 1 N–H and O–H groups in total. The highest BCUT2D eigenvalue weighted by Gasteiger charge is 2.14. The molecule has 0 aliphatic rings. The molecule has 7 heteroatoms. The SMILES string of the molecule is CC(C)Cc1cc(C(=O)NCc2nc(-c3ccc(F)cc3)cs2)n(C)n1. The number of halogens is 1. The monoisotopic (exact) mass is 372 g/mol. The maximum atomic E-state index is 13.0. The van der Waals surface area contributed by atoms with Crippen molar-refractivity contribution in [3.05, 3.63) is 57.9 Å². The van der Waals surface area contributed by atoms with Crippen LogP contribution in [0.25, 0.3) is 11.3 Å². The van der Waals surface area contributed by atoms with Crippen molar-refractivity contribution >= 4 is 17.2 Å². The molecule has 1 amide bonds. The number of carbonyl (C=O) groups is 1. The lowest BCUT2D eigenvalue weighted by Gasteiger charge is -2.03. The highest BCUT2D eigenvalue weighted by molar-refractivity contribution is 7.09. The number of hydrogen-bond donors (Lipinski definition) is 1. The minimum absolute atomic E-state index is 0.173. The van der Waals surface area contributed by atoms with Gasteiger partial charge >= 0.3 is 0 Å². The molecule has 0 fully saturated rings. The Balaban J connectivity index is 1.63. The van der Waals surface area contributed by atoms with Crippen LogP contribution < -0.4 is 5.32 Å². The smallest absolute Gasteiger partial charge is 0.269 e. The van der Waals surface area contributed by atoms with E-state index >= 15 is 0 Å². The molecule has 0 spiro atoms. The number of rotatable bonds is 6. The van der Waals surface area contributed by atoms with Crippen molar-refractivity contribution in [3.63, 3.8) is 0 Å². The number of thiazole rings is 1. The lowest BCUT2D eigenvalue weighted by Crippen LogP contribution is -2.25. The van der Waals surface area contributed by atoms with E-state index in [0.717, 1.165) is 28.4 Å². The van der Waals surface area contributed by atoms with E-state index in [2.05, 4.69) is 29.2 Å². The van der Waals surface area contributed by atoms with Crippen molar-refractivity contribution < 1.29 is 9.18 Å². The summed E-state index contributed by atoms with van der Waals surface area (Å²) in [6, 6.07) is 8.04. The van der Waals surface area contributed by atoms with Gasteiger partial charge in [0.25, 0.3) is 5.91 Å². The number of hydrogen-bond acceptors (Lipinski definition) is 4. The molecule has 2 heterocycles. The fourth-order valence-electron chi connectivity index (χ4n) is 2.65. The molecule has 136 valence electrons. The molecule has 1 aromatic carbocycles. The highest BCUT2D eigenvalue weighted by atomic mass is 32.1. The van der Waals surface area contributed by atoms with Gasteiger partial charge in [-0.3, -0.25) is 9.48 Å². The van der Waals surface area contributed by atoms with Crippen LogP contribution in [0.3, 0.4) is 0 Å². The van der Waals surface area contributed by atoms with Gasteiger partial charge in [0.15, 0.2) is 0 Å². The molecular formula is C19H21FN4OS. The van der Waals surface area contributed by atoms with Crippen LogP contribution in [0.1, 0.15) is 35.0 Å². The summed E-state index contributed by atoms with van der Waals surface area (Å²) in [4.78, 5) is 16.9. The molecule has 5 nitrogen and oxygen atoms in total. The van der Waals surface area contributed by atoms with E-state index < -0.39 is 0 Å². The summed E-state index contributed by atoms with van der Waals surface area (Å²) in [5, 5.41) is 9.97. The first-order chi connectivity index (χ1) is 12.4. The van der Waals surface area contributed by atoms with Gasteiger partial charge in [0.1, 0.15) is 16.5 Å². The number of aryl methyl sites for hydroxylation is 1. The van der Waals surface area contributed by atoms with Gasteiger partial charge in [0.2, 0.25) is 0 Å². The first kappa shape index (κ1) is 18.3. The van der Waals surface area contributed by atoms with Gasteiger partial charge in [-0.2, -0.15) is 5.10 Å². The summed E-state index contributed by atoms with van der Waals surface area (Å²) in [7, 11) is 1.77. The third kappa shape index (κ3) is 4.35. The first-order valence-corrected chi connectivity index (χ1v) is 9.32. The molecule has 26 heavy (non-hydrogen) atoms. The molecule has 0 aliphatic heterocycles. The minimum atomic E-state index is -0.274. The van der Waals surface area contributed by atoms with Gasteiger partial charge in [-0.1, -0.05) is 13.8 Å². The molecule has 0 radical (unpaired) electrons. The van der Waals surface area contributed by atoms with Crippen molar-refractivity contribution in [1.82, 2.24) is 20.1 Å². The van der Waals surface area contributed by atoms with E-state index in [9.17, 15) is 9.18 Å². The van der Waals surface area contributed by atoms with Gasteiger partial charge in [-0.25, -0.2) is 9.37 Å². The Labute approximate surface area is 155 Å². The average Bonchev–Trinajstić information content (AvgIpc) is 3.19. The Morgan fingerprint density at radius 1 is 1.31 bits per heavy atom. The third-order valence-electron chi connectivity index (χ3n) is 3.87. The van der Waals surface area contributed by atoms with Gasteiger partial charge in [0.05, 0.1) is 17.9 Å². The molecule has 0 saturated heterocycles. The second-order valence-corrected chi connectivity index (χ2v) is 7.50. The standard InChI is InChI=1S/C19H21FN4OS/c1-12(2)8-15-9-17(24(3)23-15)19(25)21-10-18-22-16(11-26-18)13-4-6-14(20)7-5-13/h4-7,9,11-12H,8,10H2,1-3H3,(H,21,25). The number of aromatic nitrogens is 3. The molecule has 3 aromatic rings. The summed E-state index contributed by atoms with van der Waals surface area (Å²) in [5.41, 5.74) is 3.08. The van der Waals surface area contributed by atoms with Crippen LogP contribution in [-0.4, -0.2) is 20.7 Å². The summed E-state index contributed by atoms with van der Waals surface area (Å²) < 4.78 is 14.6. The minimum Gasteiger partial charge on any atom is -0.344 e. The van der Waals surface area contributed by atoms with Gasteiger partial charge in [-0.15, -0.1) is 11.3 Å². The zero-order valence-corrected chi connectivity index (χ0v) is 15.8. The van der Waals surface area contributed by atoms with Crippen LogP contribution in [0.15, 0.2) is 35.7 Å². The predicted molar refractivity (Wildman–Crippen MR) is 100 cm³/mol. The van der Waals surface area contributed by atoms with Crippen LogP contribution in [0.4, 0.5) is 4.39 Å². The maximum Gasteiger partial charge on any atom is 0.269 e. The molecule has 0 saturated carbocycles. The third-order valence-corrected chi connectivity index (χ3v) is 4.72. The van der Waals surface area contributed by atoms with Crippen molar-refractivity contribution in [1.29, 1.82) is 0 Å². The average molecular weight is 372 g/mol. The number of nitrogens with zero attached hydrogens (tertiary/aromatic N) is 3. The quantitative estimate of drug-likeness (QED) is 0.716. The van der Waals surface area contributed by atoms with Crippen molar-refractivity contribution in [2.24, 2.45) is 13.0 Å². The van der Waals surface area contributed by atoms with Gasteiger partial charge in [0, 0.05) is 18.0 Å². The molecule has 0 atom stereocenters. The number of benzene rings is 1. The first-order valence-electron chi connectivity index (χ1n) is 8.44. The van der Waals surface area contributed by atoms with Crippen molar-refractivity contribution in [2.45, 2.75) is 26.8 Å². The Morgan fingerprint density at radius 3 is 2.73 bits per heavy atom. The molecule has 0 bridgehead atoms. The lowest BCUT2D eigenvalue weighted by molar-refractivity contribution is 0.0941. The summed E-state index contributed by atoms with van der Waals surface area (Å²) in [6.07, 6.45) is 0.842. The highest BCUT2D eigenvalue weighted by Crippen LogP contribution is 2.22. The summed E-state index contributed by atoms with van der Waals surface area (Å²) in [5.74, 6) is 0.0408. The van der Waals surface area contributed by atoms with E-state index in [1.165, 1.54) is 23.5 Å². The molecular weight excluding hydrogens is 351 g/mol. The largest absolute Gasteiger partial charge is 0.344 e. The second kappa shape index (κ2) is 7.78. The lowest BCUT2D eigenvalue weighted by atomic mass is 10.1. The normalized spacial score (nSPS) is 11.1. The van der Waals surface area contributed by atoms with Crippen LogP contribution in [0.2, 0.25) is 0 Å². The van der Waals surface area contributed by atoms with E-state index in [-0.39, 0.29) is 11.7 Å². The summed E-state index contributed by atoms with van der Waals surface area (Å²) in [6.45, 7) is 4.58. The van der Waals surface area contributed by atoms with Gasteiger partial charge < -0.3 is 5.32 Å². The fraction of sp³-hybridized carbons (Fsp3) is 0.316. The van der Waals surface area contributed by atoms with E-state index in [1.54, 1.807) is 23.9 Å². The maximum absolute atomic E-state index is 13.0. The number of nitrogens with one attached hydrogen (secondary N) is 1. The van der Waals surface area contributed by atoms with Gasteiger partial charge in [-0.05, 0) is 42.7 Å². The van der Waals surface area contributed by atoms with E-state index in [1.807, 2.05) is 11.4 Å². The number of amides is 1. The zero-order valence-electron chi connectivity index (χ0n) is 15.0. The van der Waals surface area contributed by atoms with Crippen LogP contribution in [0.5, 0.6) is 0 Å². The Kier molecular flexibility index (Phi) is 5.46. The topological polar surface area (TPSA) is 59.8 Å². The molecule has 0 unspecified atom stereocenters. The Bertz CT molecular complexity index is 899. The second-order valence-electron chi connectivity index (χ2n) is 6.56. The molecule has 0 aliphatic carbocycles.